The Morgan fingerprint density at radius 2 is 2.07 bits per heavy atom. The van der Waals surface area contributed by atoms with Crippen molar-refractivity contribution in [3.63, 3.8) is 0 Å². The topological polar surface area (TPSA) is 95.3 Å². The molecule has 1 aliphatic rings. The van der Waals surface area contributed by atoms with E-state index in [4.69, 9.17) is 9.47 Å². The predicted molar refractivity (Wildman–Crippen MR) is 101 cm³/mol. The van der Waals surface area contributed by atoms with Crippen LogP contribution in [0.2, 0.25) is 0 Å². The Morgan fingerprint density at radius 1 is 1.27 bits per heavy atom. The number of nitrogens with one attached hydrogen (secondary N) is 1. The van der Waals surface area contributed by atoms with Crippen LogP contribution in [0.25, 0.3) is 0 Å². The zero-order valence-corrected chi connectivity index (χ0v) is 15.9. The molecule has 0 saturated heterocycles. The third kappa shape index (κ3) is 3.71. The average Bonchev–Trinajstić information content (AvgIpc) is 3.04. The first kappa shape index (κ1) is 19.8. The van der Waals surface area contributed by atoms with Crippen LogP contribution in [-0.4, -0.2) is 16.7 Å². The van der Waals surface area contributed by atoms with Crippen LogP contribution in [0.4, 0.5) is 13.2 Å². The van der Waals surface area contributed by atoms with Gasteiger partial charge in [0.25, 0.3) is 0 Å². The van der Waals surface area contributed by atoms with E-state index in [2.05, 4.69) is 4.98 Å². The normalized spacial score (nSPS) is 15.7. The molecular formula is C20H13F3N2O4S. The van der Waals surface area contributed by atoms with Crippen molar-refractivity contribution in [2.45, 2.75) is 18.5 Å². The van der Waals surface area contributed by atoms with E-state index in [1.54, 1.807) is 24.3 Å². The highest BCUT2D eigenvalue weighted by Gasteiger charge is 2.31. The van der Waals surface area contributed by atoms with Crippen LogP contribution in [0.5, 0.6) is 23.1 Å². The SMILES string of the molecule is N#Cc1cc(C(F)(F)F)ccc1Oc1ccc2c(c1)OCC[C@H]2c1sc(=O)[nH]c1O. The van der Waals surface area contributed by atoms with Crippen molar-refractivity contribution < 1.29 is 27.8 Å². The van der Waals surface area contributed by atoms with Crippen LogP contribution in [-0.2, 0) is 6.18 Å². The van der Waals surface area contributed by atoms with E-state index in [9.17, 15) is 28.3 Å². The summed E-state index contributed by atoms with van der Waals surface area (Å²) in [5.41, 5.74) is -0.441. The Kier molecular flexibility index (Phi) is 4.91. The minimum Gasteiger partial charge on any atom is -0.494 e. The van der Waals surface area contributed by atoms with Crippen LogP contribution in [0.1, 0.15) is 33.9 Å². The highest BCUT2D eigenvalue weighted by Crippen LogP contribution is 2.44. The Hall–Kier alpha value is -3.45. The van der Waals surface area contributed by atoms with E-state index in [-0.39, 0.29) is 33.7 Å². The molecular weight excluding hydrogens is 421 g/mol. The molecule has 0 unspecified atom stereocenters. The molecule has 0 amide bonds. The largest absolute Gasteiger partial charge is 0.494 e. The average molecular weight is 434 g/mol. The molecule has 3 aromatic rings. The first-order valence-corrected chi connectivity index (χ1v) is 9.56. The number of H-pyrrole nitrogens is 1. The number of nitriles is 1. The summed E-state index contributed by atoms with van der Waals surface area (Å²) in [5, 5.41) is 19.2. The molecule has 0 bridgehead atoms. The Bertz CT molecular complexity index is 1210. The molecule has 0 fully saturated rings. The maximum atomic E-state index is 12.9. The lowest BCUT2D eigenvalue weighted by Gasteiger charge is -2.25. The van der Waals surface area contributed by atoms with Crippen molar-refractivity contribution in [3.8, 4) is 29.2 Å². The van der Waals surface area contributed by atoms with Gasteiger partial charge in [0.05, 0.1) is 22.6 Å². The fourth-order valence-electron chi connectivity index (χ4n) is 3.28. The van der Waals surface area contributed by atoms with Gasteiger partial charge in [-0.1, -0.05) is 17.4 Å². The second-order valence-corrected chi connectivity index (χ2v) is 7.55. The number of thiazole rings is 1. The number of aromatic amines is 1. The van der Waals surface area contributed by atoms with Gasteiger partial charge in [0.15, 0.2) is 0 Å². The number of rotatable bonds is 3. The minimum atomic E-state index is -4.56. The first-order valence-electron chi connectivity index (χ1n) is 8.74. The lowest BCUT2D eigenvalue weighted by Crippen LogP contribution is -2.14. The van der Waals surface area contributed by atoms with Crippen molar-refractivity contribution in [1.82, 2.24) is 4.98 Å². The van der Waals surface area contributed by atoms with Crippen molar-refractivity contribution in [2.75, 3.05) is 6.61 Å². The molecule has 2 heterocycles. The number of halogens is 3. The van der Waals surface area contributed by atoms with E-state index in [1.807, 2.05) is 0 Å². The lowest BCUT2D eigenvalue weighted by molar-refractivity contribution is -0.137. The van der Waals surface area contributed by atoms with E-state index in [1.165, 1.54) is 0 Å². The summed E-state index contributed by atoms with van der Waals surface area (Å²) in [6, 6.07) is 9.24. The van der Waals surface area contributed by atoms with Crippen molar-refractivity contribution in [2.24, 2.45) is 0 Å². The highest BCUT2D eigenvalue weighted by molar-refractivity contribution is 7.09. The predicted octanol–water partition coefficient (Wildman–Crippen LogP) is 4.74. The molecule has 30 heavy (non-hydrogen) atoms. The number of hydrogen-bond acceptors (Lipinski definition) is 6. The number of fused-ring (bicyclic) bond motifs is 1. The van der Waals surface area contributed by atoms with E-state index >= 15 is 0 Å². The number of nitrogens with zero attached hydrogens (tertiary/aromatic N) is 1. The molecule has 1 aromatic heterocycles. The molecule has 2 N–H and O–H groups in total. The molecule has 0 radical (unpaired) electrons. The molecule has 10 heteroatoms. The maximum Gasteiger partial charge on any atom is 0.416 e. The van der Waals surface area contributed by atoms with Gasteiger partial charge in [-0.3, -0.25) is 9.78 Å². The van der Waals surface area contributed by atoms with Crippen LogP contribution < -0.4 is 14.3 Å². The molecule has 154 valence electrons. The van der Waals surface area contributed by atoms with Crippen LogP contribution in [0.15, 0.2) is 41.2 Å². The van der Waals surface area contributed by atoms with Crippen LogP contribution in [0.3, 0.4) is 0 Å². The summed E-state index contributed by atoms with van der Waals surface area (Å²) in [6.45, 7) is 0.344. The van der Waals surface area contributed by atoms with Gasteiger partial charge in [0, 0.05) is 17.5 Å². The van der Waals surface area contributed by atoms with Crippen LogP contribution >= 0.6 is 11.3 Å². The molecule has 0 spiro atoms. The summed E-state index contributed by atoms with van der Waals surface area (Å²) in [5.74, 6) is 0.310. The summed E-state index contributed by atoms with van der Waals surface area (Å²) in [4.78, 5) is 14.0. The summed E-state index contributed by atoms with van der Waals surface area (Å²) >= 11 is 0.924. The van der Waals surface area contributed by atoms with Gasteiger partial charge in [-0.15, -0.1) is 0 Å². The van der Waals surface area contributed by atoms with Crippen LogP contribution in [0, 0.1) is 11.3 Å². The van der Waals surface area contributed by atoms with Gasteiger partial charge in [0.1, 0.15) is 23.3 Å². The molecule has 4 rings (SSSR count). The number of benzene rings is 2. The monoisotopic (exact) mass is 434 g/mol. The van der Waals surface area contributed by atoms with Gasteiger partial charge in [-0.05, 0) is 30.7 Å². The number of aromatic hydroxyl groups is 1. The molecule has 2 aromatic carbocycles. The lowest BCUT2D eigenvalue weighted by atomic mass is 9.92. The maximum absolute atomic E-state index is 12.9. The third-order valence-electron chi connectivity index (χ3n) is 4.65. The fraction of sp³-hybridized carbons (Fsp3) is 0.200. The number of hydrogen-bond donors (Lipinski definition) is 2. The summed E-state index contributed by atoms with van der Waals surface area (Å²) in [7, 11) is 0. The standard InChI is InChI=1S/C20H13F3N2O4S/c21-20(22,23)11-1-4-15(10(7-11)9-24)29-12-2-3-13-14(5-6-28-16(13)8-12)17-18(26)25-19(27)30-17/h1-4,7-8,14,26H,5-6H2,(H,25,27)/t14-/m1/s1. The Morgan fingerprint density at radius 3 is 2.73 bits per heavy atom. The van der Waals surface area contributed by atoms with E-state index in [0.717, 1.165) is 35.1 Å². The smallest absolute Gasteiger partial charge is 0.416 e. The zero-order chi connectivity index (χ0) is 21.5. The van der Waals surface area contributed by atoms with Gasteiger partial charge < -0.3 is 14.6 Å². The molecule has 1 atom stereocenters. The quantitative estimate of drug-likeness (QED) is 0.621. The molecule has 0 saturated carbocycles. The van der Waals surface area contributed by atoms with Gasteiger partial charge in [0.2, 0.25) is 5.88 Å². The van der Waals surface area contributed by atoms with E-state index < -0.39 is 11.7 Å². The van der Waals surface area contributed by atoms with Gasteiger partial charge in [-0.2, -0.15) is 18.4 Å². The Balaban J connectivity index is 1.65. The number of aromatic nitrogens is 1. The second-order valence-electron chi connectivity index (χ2n) is 6.54. The molecule has 1 aliphatic heterocycles. The Labute approximate surface area is 171 Å². The number of alkyl halides is 3. The summed E-state index contributed by atoms with van der Waals surface area (Å²) < 4.78 is 49.8. The van der Waals surface area contributed by atoms with Crippen molar-refractivity contribution in [1.29, 1.82) is 5.26 Å². The van der Waals surface area contributed by atoms with Crippen molar-refractivity contribution in [3.05, 3.63) is 67.6 Å². The van der Waals surface area contributed by atoms with Gasteiger partial charge >= 0.3 is 11.0 Å². The highest BCUT2D eigenvalue weighted by atomic mass is 32.1. The number of ether oxygens (including phenoxy) is 2. The van der Waals surface area contributed by atoms with E-state index in [0.29, 0.717) is 23.7 Å². The summed E-state index contributed by atoms with van der Waals surface area (Å²) in [6.07, 6.45) is -4.00. The first-order chi connectivity index (χ1) is 14.3. The molecule has 0 aliphatic carbocycles. The zero-order valence-electron chi connectivity index (χ0n) is 15.1. The van der Waals surface area contributed by atoms with Crippen molar-refractivity contribution >= 4 is 11.3 Å². The third-order valence-corrected chi connectivity index (χ3v) is 5.64. The minimum absolute atomic E-state index is 0.0145. The molecule has 6 nitrogen and oxygen atoms in total. The second kappa shape index (κ2) is 7.42. The fourth-order valence-corrected chi connectivity index (χ4v) is 4.17. The van der Waals surface area contributed by atoms with Gasteiger partial charge in [-0.25, -0.2) is 0 Å².